The Hall–Kier alpha value is -2.30. The van der Waals surface area contributed by atoms with Crippen molar-refractivity contribution in [3.63, 3.8) is 0 Å². The topological polar surface area (TPSA) is 59.6 Å². The van der Waals surface area contributed by atoms with E-state index < -0.39 is 0 Å². The summed E-state index contributed by atoms with van der Waals surface area (Å²) in [6.07, 6.45) is 0. The average molecular weight is 273 g/mol. The minimum absolute atomic E-state index is 0.466. The van der Waals surface area contributed by atoms with Gasteiger partial charge in [0.15, 0.2) is 0 Å². The van der Waals surface area contributed by atoms with Crippen LogP contribution in [0.25, 0.3) is 0 Å². The van der Waals surface area contributed by atoms with Gasteiger partial charge < -0.3 is 9.94 Å². The fourth-order valence-corrected chi connectivity index (χ4v) is 2.02. The third-order valence-electron chi connectivity index (χ3n) is 3.07. The molecule has 0 spiro atoms. The number of benzene rings is 1. The Morgan fingerprint density at radius 3 is 2.90 bits per heavy atom. The number of aromatic nitrogens is 2. The molecule has 1 N–H and O–H groups in total. The lowest BCUT2D eigenvalue weighted by molar-refractivity contribution is 0.292. The van der Waals surface area contributed by atoms with Crippen molar-refractivity contribution >= 4 is 5.71 Å². The van der Waals surface area contributed by atoms with Gasteiger partial charge in [-0.15, -0.1) is 0 Å². The molecule has 106 valence electrons. The molecule has 2 rings (SSSR count). The molecule has 0 atom stereocenters. The van der Waals surface area contributed by atoms with Crippen LogP contribution in [0.5, 0.6) is 5.75 Å². The van der Waals surface area contributed by atoms with E-state index in [1.807, 2.05) is 41.9 Å². The first-order chi connectivity index (χ1) is 9.63. The Kier molecular flexibility index (Phi) is 4.40. The van der Waals surface area contributed by atoms with Crippen LogP contribution in [0.2, 0.25) is 0 Å². The lowest BCUT2D eigenvalue weighted by Crippen LogP contribution is -2.06. The Morgan fingerprint density at radius 1 is 1.40 bits per heavy atom. The number of nitrogens with zero attached hydrogens (tertiary/aromatic N) is 3. The van der Waals surface area contributed by atoms with E-state index >= 15 is 0 Å². The lowest BCUT2D eigenvalue weighted by atomic mass is 10.1. The SMILES string of the molecule is CCn1nc(C)cc1COc1cccc(C(C)=NO)c1. The van der Waals surface area contributed by atoms with Crippen LogP contribution in [0.15, 0.2) is 35.5 Å². The molecule has 0 radical (unpaired) electrons. The minimum Gasteiger partial charge on any atom is -0.487 e. The van der Waals surface area contributed by atoms with E-state index in [4.69, 9.17) is 9.94 Å². The molecule has 1 aromatic heterocycles. The lowest BCUT2D eigenvalue weighted by Gasteiger charge is -2.08. The van der Waals surface area contributed by atoms with Crippen LogP contribution in [-0.2, 0) is 13.2 Å². The highest BCUT2D eigenvalue weighted by Crippen LogP contribution is 2.16. The summed E-state index contributed by atoms with van der Waals surface area (Å²) in [6.45, 7) is 7.06. The number of hydrogen-bond acceptors (Lipinski definition) is 4. The molecule has 0 aliphatic heterocycles. The Labute approximate surface area is 118 Å². The van der Waals surface area contributed by atoms with Crippen molar-refractivity contribution in [3.8, 4) is 5.75 Å². The molecule has 2 aromatic rings. The van der Waals surface area contributed by atoms with Crippen molar-refractivity contribution in [2.45, 2.75) is 33.9 Å². The van der Waals surface area contributed by atoms with E-state index in [1.165, 1.54) is 0 Å². The summed E-state index contributed by atoms with van der Waals surface area (Å²) in [6, 6.07) is 9.51. The van der Waals surface area contributed by atoms with Gasteiger partial charge in [0.1, 0.15) is 12.4 Å². The van der Waals surface area contributed by atoms with Crippen molar-refractivity contribution < 1.29 is 9.94 Å². The summed E-state index contributed by atoms with van der Waals surface area (Å²) in [5, 5.41) is 16.4. The number of hydrogen-bond donors (Lipinski definition) is 1. The van der Waals surface area contributed by atoms with Crippen molar-refractivity contribution in [1.82, 2.24) is 9.78 Å². The molecule has 5 heteroatoms. The van der Waals surface area contributed by atoms with E-state index in [9.17, 15) is 0 Å². The van der Waals surface area contributed by atoms with Crippen LogP contribution in [0, 0.1) is 6.92 Å². The maximum atomic E-state index is 8.79. The van der Waals surface area contributed by atoms with E-state index in [1.54, 1.807) is 6.92 Å². The third-order valence-corrected chi connectivity index (χ3v) is 3.07. The highest BCUT2D eigenvalue weighted by molar-refractivity contribution is 5.98. The molecule has 0 unspecified atom stereocenters. The number of ether oxygens (including phenoxy) is 1. The summed E-state index contributed by atoms with van der Waals surface area (Å²) >= 11 is 0. The smallest absolute Gasteiger partial charge is 0.130 e. The van der Waals surface area contributed by atoms with Gasteiger partial charge in [-0.05, 0) is 39.0 Å². The predicted molar refractivity (Wildman–Crippen MR) is 77.4 cm³/mol. The number of rotatable bonds is 5. The predicted octanol–water partition coefficient (Wildman–Crippen LogP) is 2.99. The molecule has 0 bridgehead atoms. The molecule has 1 aromatic carbocycles. The van der Waals surface area contributed by atoms with E-state index in [0.29, 0.717) is 12.3 Å². The van der Waals surface area contributed by atoms with Crippen LogP contribution in [-0.4, -0.2) is 20.7 Å². The molecular formula is C15H19N3O2. The van der Waals surface area contributed by atoms with Gasteiger partial charge in [-0.25, -0.2) is 0 Å². The summed E-state index contributed by atoms with van der Waals surface area (Å²) in [5.41, 5.74) is 3.43. The first kappa shape index (κ1) is 14.1. The molecule has 5 nitrogen and oxygen atoms in total. The van der Waals surface area contributed by atoms with E-state index in [-0.39, 0.29) is 0 Å². The summed E-state index contributed by atoms with van der Waals surface area (Å²) in [7, 11) is 0. The van der Waals surface area contributed by atoms with Gasteiger partial charge in [0, 0.05) is 12.1 Å². The first-order valence-corrected chi connectivity index (χ1v) is 6.59. The zero-order chi connectivity index (χ0) is 14.5. The fraction of sp³-hybridized carbons (Fsp3) is 0.333. The standard InChI is InChI=1S/C15H19N3O2/c1-4-18-14(8-11(2)16-18)10-20-15-7-5-6-13(9-15)12(3)17-19/h5-9,19H,4,10H2,1-3H3. The van der Waals surface area contributed by atoms with Crippen LogP contribution in [0.1, 0.15) is 30.8 Å². The van der Waals surface area contributed by atoms with Crippen LogP contribution < -0.4 is 4.74 Å². The first-order valence-electron chi connectivity index (χ1n) is 6.59. The van der Waals surface area contributed by atoms with Crippen molar-refractivity contribution in [1.29, 1.82) is 0 Å². The van der Waals surface area contributed by atoms with Gasteiger partial charge in [-0.1, -0.05) is 17.3 Å². The van der Waals surface area contributed by atoms with Gasteiger partial charge in [-0.2, -0.15) is 5.10 Å². The minimum atomic E-state index is 0.466. The number of oxime groups is 1. The average Bonchev–Trinajstić information content (AvgIpc) is 2.84. The van der Waals surface area contributed by atoms with E-state index in [0.717, 1.165) is 29.2 Å². The Balaban J connectivity index is 2.11. The Morgan fingerprint density at radius 2 is 2.20 bits per heavy atom. The summed E-state index contributed by atoms with van der Waals surface area (Å²) in [4.78, 5) is 0. The highest BCUT2D eigenvalue weighted by atomic mass is 16.5. The van der Waals surface area contributed by atoms with Gasteiger partial charge in [0.05, 0.1) is 17.1 Å². The maximum Gasteiger partial charge on any atom is 0.130 e. The maximum absolute atomic E-state index is 8.79. The second-order valence-corrected chi connectivity index (χ2v) is 4.59. The second kappa shape index (κ2) is 6.23. The quantitative estimate of drug-likeness (QED) is 0.517. The molecule has 0 fully saturated rings. The number of aryl methyl sites for hydroxylation is 2. The van der Waals surface area contributed by atoms with Gasteiger partial charge in [0.2, 0.25) is 0 Å². The van der Waals surface area contributed by atoms with Crippen molar-refractivity contribution in [3.05, 3.63) is 47.3 Å². The van der Waals surface area contributed by atoms with Gasteiger partial charge >= 0.3 is 0 Å². The second-order valence-electron chi connectivity index (χ2n) is 4.59. The summed E-state index contributed by atoms with van der Waals surface area (Å²) < 4.78 is 7.72. The molecule has 0 saturated carbocycles. The van der Waals surface area contributed by atoms with Crippen LogP contribution >= 0.6 is 0 Å². The van der Waals surface area contributed by atoms with Crippen molar-refractivity contribution in [2.75, 3.05) is 0 Å². The third kappa shape index (κ3) is 3.17. The molecular weight excluding hydrogens is 254 g/mol. The molecule has 1 heterocycles. The largest absolute Gasteiger partial charge is 0.487 e. The van der Waals surface area contributed by atoms with Crippen molar-refractivity contribution in [2.24, 2.45) is 5.16 Å². The van der Waals surface area contributed by atoms with Gasteiger partial charge in [0.25, 0.3) is 0 Å². The highest BCUT2D eigenvalue weighted by Gasteiger charge is 2.06. The molecule has 20 heavy (non-hydrogen) atoms. The fourth-order valence-electron chi connectivity index (χ4n) is 2.02. The van der Waals surface area contributed by atoms with Crippen LogP contribution in [0.3, 0.4) is 0 Å². The zero-order valence-electron chi connectivity index (χ0n) is 12.0. The molecule has 0 aliphatic carbocycles. The zero-order valence-corrected chi connectivity index (χ0v) is 12.0. The monoisotopic (exact) mass is 273 g/mol. The van der Waals surface area contributed by atoms with E-state index in [2.05, 4.69) is 17.2 Å². The normalized spacial score (nSPS) is 11.7. The van der Waals surface area contributed by atoms with Crippen LogP contribution in [0.4, 0.5) is 0 Å². The molecule has 0 saturated heterocycles. The molecule has 0 aliphatic rings. The summed E-state index contributed by atoms with van der Waals surface area (Å²) in [5.74, 6) is 0.743. The Bertz CT molecular complexity index is 617. The van der Waals surface area contributed by atoms with Gasteiger partial charge in [-0.3, -0.25) is 4.68 Å². The molecule has 0 amide bonds.